The van der Waals surface area contributed by atoms with Gasteiger partial charge in [0, 0.05) is 19.1 Å². The highest BCUT2D eigenvalue weighted by Gasteiger charge is 2.39. The van der Waals surface area contributed by atoms with E-state index < -0.39 is 10.2 Å². The molecule has 21 heavy (non-hydrogen) atoms. The van der Waals surface area contributed by atoms with E-state index in [0.717, 1.165) is 30.5 Å². The van der Waals surface area contributed by atoms with E-state index in [9.17, 15) is 8.42 Å². The van der Waals surface area contributed by atoms with Crippen LogP contribution in [0.3, 0.4) is 0 Å². The molecule has 0 aliphatic carbocycles. The predicted molar refractivity (Wildman–Crippen MR) is 84.4 cm³/mol. The normalized spacial score (nSPS) is 24.3. The Labute approximate surface area is 126 Å². The Kier molecular flexibility index (Phi) is 3.94. The number of nitrogens with zero attached hydrogens (tertiary/aromatic N) is 2. The molecule has 0 bridgehead atoms. The lowest BCUT2D eigenvalue weighted by atomic mass is 9.99. The Morgan fingerprint density at radius 3 is 2.57 bits per heavy atom. The van der Waals surface area contributed by atoms with E-state index in [0.29, 0.717) is 25.6 Å². The molecule has 1 unspecified atom stereocenters. The maximum absolute atomic E-state index is 13.0. The molecule has 1 aromatic carbocycles. The van der Waals surface area contributed by atoms with E-state index in [1.54, 1.807) is 8.61 Å². The number of para-hydroxylation sites is 1. The lowest BCUT2D eigenvalue weighted by Gasteiger charge is -2.35. The molecule has 0 aromatic heterocycles. The van der Waals surface area contributed by atoms with Gasteiger partial charge in [-0.15, -0.1) is 0 Å². The molecule has 0 spiro atoms. The molecule has 2 aliphatic rings. The average Bonchev–Trinajstić information content (AvgIpc) is 2.83. The van der Waals surface area contributed by atoms with Crippen molar-refractivity contribution in [1.29, 1.82) is 0 Å². The molecule has 0 amide bonds. The second-order valence-corrected chi connectivity index (χ2v) is 7.87. The van der Waals surface area contributed by atoms with Crippen LogP contribution in [0.1, 0.15) is 25.3 Å². The van der Waals surface area contributed by atoms with Crippen LogP contribution in [0.25, 0.3) is 0 Å². The Balaban J connectivity index is 1.86. The van der Waals surface area contributed by atoms with Crippen molar-refractivity contribution in [2.24, 2.45) is 11.7 Å². The lowest BCUT2D eigenvalue weighted by Crippen LogP contribution is -2.49. The van der Waals surface area contributed by atoms with Crippen LogP contribution in [-0.2, 0) is 16.6 Å². The minimum atomic E-state index is -3.43. The van der Waals surface area contributed by atoms with Gasteiger partial charge in [0.15, 0.2) is 0 Å². The van der Waals surface area contributed by atoms with Gasteiger partial charge in [0.1, 0.15) is 0 Å². The van der Waals surface area contributed by atoms with Crippen molar-refractivity contribution >= 4 is 15.9 Å². The minimum Gasteiger partial charge on any atom is -0.330 e. The van der Waals surface area contributed by atoms with Crippen LogP contribution >= 0.6 is 0 Å². The van der Waals surface area contributed by atoms with Crippen LogP contribution in [0.2, 0.25) is 0 Å². The number of nitrogens with two attached hydrogens (primary N) is 1. The maximum atomic E-state index is 13.0. The summed E-state index contributed by atoms with van der Waals surface area (Å²) in [6.07, 6.45) is 2.51. The fourth-order valence-electron chi connectivity index (χ4n) is 3.39. The van der Waals surface area contributed by atoms with E-state index >= 15 is 0 Å². The van der Waals surface area contributed by atoms with Crippen molar-refractivity contribution in [3.63, 3.8) is 0 Å². The number of piperidine rings is 1. The van der Waals surface area contributed by atoms with Gasteiger partial charge in [-0.3, -0.25) is 4.31 Å². The topological polar surface area (TPSA) is 66.6 Å². The smallest absolute Gasteiger partial charge is 0.304 e. The van der Waals surface area contributed by atoms with E-state index in [1.807, 2.05) is 31.2 Å². The zero-order valence-electron chi connectivity index (χ0n) is 12.4. The minimum absolute atomic E-state index is 0.0142. The Hall–Kier alpha value is -1.11. The monoisotopic (exact) mass is 309 g/mol. The number of fused-ring (bicyclic) bond motifs is 1. The summed E-state index contributed by atoms with van der Waals surface area (Å²) in [5.74, 6) is 0.458. The quantitative estimate of drug-likeness (QED) is 0.916. The molecule has 2 N–H and O–H groups in total. The van der Waals surface area contributed by atoms with Crippen LogP contribution in [0.4, 0.5) is 5.69 Å². The van der Waals surface area contributed by atoms with Crippen molar-refractivity contribution in [2.75, 3.05) is 23.9 Å². The van der Waals surface area contributed by atoms with Crippen molar-refractivity contribution in [3.8, 4) is 0 Å². The molecule has 6 heteroatoms. The molecule has 0 saturated carbocycles. The highest BCUT2D eigenvalue weighted by atomic mass is 32.2. The van der Waals surface area contributed by atoms with Crippen molar-refractivity contribution in [1.82, 2.24) is 4.31 Å². The Morgan fingerprint density at radius 1 is 1.24 bits per heavy atom. The molecule has 1 saturated heterocycles. The first-order valence-corrected chi connectivity index (χ1v) is 9.01. The lowest BCUT2D eigenvalue weighted by molar-refractivity contribution is 0.277. The summed E-state index contributed by atoms with van der Waals surface area (Å²) >= 11 is 0. The van der Waals surface area contributed by atoms with Gasteiger partial charge < -0.3 is 5.73 Å². The first-order chi connectivity index (χ1) is 10.0. The van der Waals surface area contributed by atoms with Gasteiger partial charge in [-0.25, -0.2) is 0 Å². The van der Waals surface area contributed by atoms with Crippen molar-refractivity contribution in [3.05, 3.63) is 29.8 Å². The van der Waals surface area contributed by atoms with Crippen LogP contribution in [0.5, 0.6) is 0 Å². The van der Waals surface area contributed by atoms with Crippen LogP contribution in [0, 0.1) is 5.92 Å². The van der Waals surface area contributed by atoms with E-state index in [1.165, 1.54) is 0 Å². The van der Waals surface area contributed by atoms with Crippen molar-refractivity contribution < 1.29 is 8.42 Å². The third-order valence-electron chi connectivity index (χ3n) is 4.63. The van der Waals surface area contributed by atoms with Crippen molar-refractivity contribution in [2.45, 2.75) is 32.2 Å². The zero-order chi connectivity index (χ0) is 15.0. The highest BCUT2D eigenvalue weighted by molar-refractivity contribution is 7.90. The summed E-state index contributed by atoms with van der Waals surface area (Å²) in [5.41, 5.74) is 7.64. The average molecular weight is 309 g/mol. The molecule has 3 rings (SSSR count). The summed E-state index contributed by atoms with van der Waals surface area (Å²) in [7, 11) is -3.43. The molecule has 1 fully saturated rings. The molecule has 5 nitrogen and oxygen atoms in total. The van der Waals surface area contributed by atoms with Crippen LogP contribution < -0.4 is 10.0 Å². The van der Waals surface area contributed by atoms with Gasteiger partial charge in [-0.1, -0.05) is 18.2 Å². The molecule has 1 aromatic rings. The predicted octanol–water partition coefficient (Wildman–Crippen LogP) is 1.35. The largest absolute Gasteiger partial charge is 0.330 e. The summed E-state index contributed by atoms with van der Waals surface area (Å²) in [5, 5.41) is 0. The third kappa shape index (κ3) is 2.56. The number of benzene rings is 1. The van der Waals surface area contributed by atoms with Gasteiger partial charge in [0.05, 0.1) is 5.69 Å². The highest BCUT2D eigenvalue weighted by Crippen LogP contribution is 2.36. The van der Waals surface area contributed by atoms with Gasteiger partial charge in [-0.2, -0.15) is 12.7 Å². The van der Waals surface area contributed by atoms with Gasteiger partial charge in [-0.05, 0) is 50.3 Å². The van der Waals surface area contributed by atoms with E-state index in [4.69, 9.17) is 5.73 Å². The summed E-state index contributed by atoms with van der Waals surface area (Å²) in [6, 6.07) is 7.78. The number of anilines is 1. The van der Waals surface area contributed by atoms with Crippen LogP contribution in [-0.4, -0.2) is 38.4 Å². The first kappa shape index (κ1) is 14.8. The van der Waals surface area contributed by atoms with Gasteiger partial charge in [0.25, 0.3) is 0 Å². The van der Waals surface area contributed by atoms with Crippen LogP contribution in [0.15, 0.2) is 24.3 Å². The zero-order valence-corrected chi connectivity index (χ0v) is 13.2. The molecule has 1 atom stereocenters. The molecule has 116 valence electrons. The summed E-state index contributed by atoms with van der Waals surface area (Å²) in [4.78, 5) is 0. The Bertz CT molecular complexity index is 609. The fraction of sp³-hybridized carbons (Fsp3) is 0.600. The number of hydrogen-bond acceptors (Lipinski definition) is 3. The first-order valence-electron chi connectivity index (χ1n) is 7.61. The molecule has 0 radical (unpaired) electrons. The summed E-state index contributed by atoms with van der Waals surface area (Å²) < 4.78 is 29.2. The second-order valence-electron chi connectivity index (χ2n) is 6.06. The Morgan fingerprint density at radius 2 is 1.90 bits per heavy atom. The standard InChI is InChI=1S/C15H23N3O2S/c1-12-10-14-4-2-3-5-15(14)18(12)21(19,20)17-8-6-13(11-16)7-9-17/h2-5,12-13H,6-11,16H2,1H3. The fourth-order valence-corrected chi connectivity index (χ4v) is 5.27. The molecule has 2 aliphatic heterocycles. The molecular weight excluding hydrogens is 286 g/mol. The summed E-state index contributed by atoms with van der Waals surface area (Å²) in [6.45, 7) is 3.78. The molecular formula is C15H23N3O2S. The second kappa shape index (κ2) is 5.59. The van der Waals surface area contributed by atoms with E-state index in [2.05, 4.69) is 0 Å². The van der Waals surface area contributed by atoms with Gasteiger partial charge >= 0.3 is 10.2 Å². The van der Waals surface area contributed by atoms with E-state index in [-0.39, 0.29) is 6.04 Å². The SMILES string of the molecule is CC1Cc2ccccc2N1S(=O)(=O)N1CCC(CN)CC1. The number of hydrogen-bond donors (Lipinski definition) is 1. The molecule has 2 heterocycles. The van der Waals surface area contributed by atoms with Gasteiger partial charge in [0.2, 0.25) is 0 Å². The number of rotatable bonds is 3. The third-order valence-corrected chi connectivity index (χ3v) is 6.70. The maximum Gasteiger partial charge on any atom is 0.304 e.